The van der Waals surface area contributed by atoms with Gasteiger partial charge in [-0.05, 0) is 77.2 Å². The van der Waals surface area contributed by atoms with Crippen LogP contribution in [0.2, 0.25) is 0 Å². The van der Waals surface area contributed by atoms with Gasteiger partial charge < -0.3 is 4.90 Å². The highest BCUT2D eigenvalue weighted by Crippen LogP contribution is 2.44. The first kappa shape index (κ1) is 20.6. The van der Waals surface area contributed by atoms with Crippen LogP contribution in [-0.4, -0.2) is 9.97 Å². The highest BCUT2D eigenvalue weighted by Gasteiger charge is 2.21. The summed E-state index contributed by atoms with van der Waals surface area (Å²) in [5.41, 5.74) is 6.55. The molecule has 2 heterocycles. The quantitative estimate of drug-likeness (QED) is 0.246. The van der Waals surface area contributed by atoms with E-state index in [0.29, 0.717) is 0 Å². The van der Waals surface area contributed by atoms with Crippen molar-refractivity contribution in [2.75, 3.05) is 4.90 Å². The average molecular weight is 462 g/mol. The second-order valence-electron chi connectivity index (χ2n) is 9.17. The van der Waals surface area contributed by atoms with Gasteiger partial charge in [0, 0.05) is 39.9 Å². The van der Waals surface area contributed by atoms with E-state index >= 15 is 0 Å². The maximum absolute atomic E-state index is 4.92. The van der Waals surface area contributed by atoms with E-state index in [1.54, 1.807) is 0 Å². The fourth-order valence-corrected chi connectivity index (χ4v) is 5.34. The monoisotopic (exact) mass is 461 g/mol. The molecule has 170 valence electrons. The second kappa shape index (κ2) is 8.17. The van der Waals surface area contributed by atoms with Crippen molar-refractivity contribution in [3.05, 3.63) is 127 Å². The van der Waals surface area contributed by atoms with Crippen LogP contribution < -0.4 is 4.90 Å². The first-order valence-electron chi connectivity index (χ1n) is 12.2. The van der Waals surface area contributed by atoms with E-state index in [2.05, 4.69) is 114 Å². The Morgan fingerprint density at radius 2 is 1.28 bits per heavy atom. The normalized spacial score (nSPS) is 11.5. The molecular weight excluding hydrogens is 438 g/mol. The van der Waals surface area contributed by atoms with Crippen LogP contribution in [-0.2, 0) is 0 Å². The van der Waals surface area contributed by atoms with Crippen molar-refractivity contribution >= 4 is 60.4 Å². The van der Waals surface area contributed by atoms with Crippen molar-refractivity contribution < 1.29 is 0 Å². The Balaban J connectivity index is 1.58. The number of fused-ring (bicyclic) bond motifs is 4. The summed E-state index contributed by atoms with van der Waals surface area (Å²) in [5, 5.41) is 7.10. The van der Waals surface area contributed by atoms with Gasteiger partial charge in [-0.1, -0.05) is 60.7 Å². The van der Waals surface area contributed by atoms with Crippen LogP contribution in [0.3, 0.4) is 0 Å². The van der Waals surface area contributed by atoms with Gasteiger partial charge in [0.15, 0.2) is 0 Å². The Hall–Kier alpha value is -4.76. The van der Waals surface area contributed by atoms with E-state index in [0.717, 1.165) is 33.5 Å². The molecule has 0 N–H and O–H groups in total. The maximum Gasteiger partial charge on any atom is 0.0951 e. The summed E-state index contributed by atoms with van der Waals surface area (Å²) in [5.74, 6) is 0. The van der Waals surface area contributed by atoms with E-state index in [-0.39, 0.29) is 0 Å². The van der Waals surface area contributed by atoms with Crippen LogP contribution in [0.1, 0.15) is 5.56 Å². The number of pyridine rings is 2. The van der Waals surface area contributed by atoms with Gasteiger partial charge in [-0.3, -0.25) is 9.97 Å². The zero-order chi connectivity index (χ0) is 24.1. The SMILES string of the molecule is Cc1c2ccccc2c(N(c2ccccc2)c2ccc3cc4ncccc4cc3c2)c2ncccc12. The van der Waals surface area contributed by atoms with E-state index < -0.39 is 0 Å². The van der Waals surface area contributed by atoms with Crippen molar-refractivity contribution in [2.45, 2.75) is 6.92 Å². The lowest BCUT2D eigenvalue weighted by Crippen LogP contribution is -2.12. The van der Waals surface area contributed by atoms with Crippen molar-refractivity contribution in [2.24, 2.45) is 0 Å². The van der Waals surface area contributed by atoms with Crippen LogP contribution in [0.4, 0.5) is 17.1 Å². The first-order chi connectivity index (χ1) is 17.8. The lowest BCUT2D eigenvalue weighted by molar-refractivity contribution is 1.29. The molecule has 0 aliphatic heterocycles. The summed E-state index contributed by atoms with van der Waals surface area (Å²) in [6.45, 7) is 2.19. The molecule has 0 bridgehead atoms. The van der Waals surface area contributed by atoms with Gasteiger partial charge in [0.1, 0.15) is 0 Å². The molecule has 0 saturated carbocycles. The predicted molar refractivity (Wildman–Crippen MR) is 151 cm³/mol. The van der Waals surface area contributed by atoms with Gasteiger partial charge in [-0.2, -0.15) is 0 Å². The molecule has 0 atom stereocenters. The predicted octanol–water partition coefficient (Wildman–Crippen LogP) is 8.87. The molecule has 0 aliphatic carbocycles. The molecule has 0 saturated heterocycles. The fraction of sp³-hybridized carbons (Fsp3) is 0.0303. The van der Waals surface area contributed by atoms with Crippen molar-refractivity contribution in [1.29, 1.82) is 0 Å². The summed E-state index contributed by atoms with van der Waals surface area (Å²) in [4.78, 5) is 11.8. The number of aryl methyl sites for hydroxylation is 1. The minimum Gasteiger partial charge on any atom is -0.308 e. The molecule has 36 heavy (non-hydrogen) atoms. The molecule has 7 aromatic rings. The largest absolute Gasteiger partial charge is 0.308 e. The average Bonchev–Trinajstić information content (AvgIpc) is 2.94. The summed E-state index contributed by atoms with van der Waals surface area (Å²) < 4.78 is 0. The van der Waals surface area contributed by atoms with Gasteiger partial charge in [0.05, 0.1) is 16.7 Å². The van der Waals surface area contributed by atoms with Gasteiger partial charge in [0.25, 0.3) is 0 Å². The van der Waals surface area contributed by atoms with Crippen LogP contribution in [0, 0.1) is 6.92 Å². The molecule has 0 spiro atoms. The minimum atomic E-state index is 1.00. The Kier molecular flexibility index (Phi) is 4.68. The van der Waals surface area contributed by atoms with Crippen molar-refractivity contribution in [3.8, 4) is 0 Å². The molecule has 2 aromatic heterocycles. The van der Waals surface area contributed by atoms with E-state index in [1.165, 1.54) is 32.5 Å². The standard InChI is InChI=1S/C33H23N3/c1-22-28-12-5-6-13-30(28)33(32-29(22)14-8-18-35-32)36(26-10-3-2-4-11-26)27-16-15-23-21-31-24(9-7-17-34-31)19-25(23)20-27/h2-21H,1H3. The number of benzene rings is 5. The van der Waals surface area contributed by atoms with E-state index in [1.807, 2.05) is 24.5 Å². The lowest BCUT2D eigenvalue weighted by Gasteiger charge is -2.28. The molecule has 0 aliphatic rings. The summed E-state index contributed by atoms with van der Waals surface area (Å²) >= 11 is 0. The Morgan fingerprint density at radius 3 is 2.17 bits per heavy atom. The number of anilines is 3. The molecule has 3 nitrogen and oxygen atoms in total. The summed E-state index contributed by atoms with van der Waals surface area (Å²) in [6, 6.07) is 38.6. The molecule has 3 heteroatoms. The first-order valence-corrected chi connectivity index (χ1v) is 12.2. The molecule has 5 aromatic carbocycles. The number of para-hydroxylation sites is 1. The molecule has 0 amide bonds. The fourth-order valence-electron chi connectivity index (χ4n) is 5.34. The Bertz CT molecular complexity index is 1850. The van der Waals surface area contributed by atoms with Crippen LogP contribution in [0.5, 0.6) is 0 Å². The third-order valence-corrected chi connectivity index (χ3v) is 7.06. The summed E-state index contributed by atoms with van der Waals surface area (Å²) in [6.07, 6.45) is 3.74. The van der Waals surface area contributed by atoms with Gasteiger partial charge in [-0.15, -0.1) is 0 Å². The molecule has 0 fully saturated rings. The highest BCUT2D eigenvalue weighted by molar-refractivity contribution is 6.15. The van der Waals surface area contributed by atoms with Crippen molar-refractivity contribution in [1.82, 2.24) is 9.97 Å². The minimum absolute atomic E-state index is 1.00. The number of aromatic nitrogens is 2. The van der Waals surface area contributed by atoms with Gasteiger partial charge >= 0.3 is 0 Å². The molecule has 7 rings (SSSR count). The number of hydrogen-bond acceptors (Lipinski definition) is 3. The molecule has 0 unspecified atom stereocenters. The molecular formula is C33H23N3. The van der Waals surface area contributed by atoms with Crippen LogP contribution in [0.15, 0.2) is 122 Å². The van der Waals surface area contributed by atoms with Gasteiger partial charge in [-0.25, -0.2) is 0 Å². The maximum atomic E-state index is 4.92. The lowest BCUT2D eigenvalue weighted by atomic mass is 9.97. The third-order valence-electron chi connectivity index (χ3n) is 7.06. The Labute approximate surface area is 209 Å². The summed E-state index contributed by atoms with van der Waals surface area (Å²) in [7, 11) is 0. The van der Waals surface area contributed by atoms with Crippen LogP contribution in [0.25, 0.3) is 43.4 Å². The molecule has 0 radical (unpaired) electrons. The second-order valence-corrected chi connectivity index (χ2v) is 9.17. The van der Waals surface area contributed by atoms with E-state index in [4.69, 9.17) is 4.98 Å². The smallest absolute Gasteiger partial charge is 0.0951 e. The number of hydrogen-bond donors (Lipinski definition) is 0. The third kappa shape index (κ3) is 3.21. The zero-order valence-corrected chi connectivity index (χ0v) is 19.9. The zero-order valence-electron chi connectivity index (χ0n) is 19.9. The number of nitrogens with zero attached hydrogens (tertiary/aromatic N) is 3. The van der Waals surface area contributed by atoms with Crippen LogP contribution >= 0.6 is 0 Å². The van der Waals surface area contributed by atoms with E-state index in [9.17, 15) is 0 Å². The topological polar surface area (TPSA) is 29.0 Å². The number of rotatable bonds is 3. The highest BCUT2D eigenvalue weighted by atomic mass is 15.2. The Morgan fingerprint density at radius 1 is 0.528 bits per heavy atom. The van der Waals surface area contributed by atoms with Gasteiger partial charge in [0.2, 0.25) is 0 Å². The van der Waals surface area contributed by atoms with Crippen molar-refractivity contribution in [3.63, 3.8) is 0 Å².